The molecule has 104 valence electrons. The summed E-state index contributed by atoms with van der Waals surface area (Å²) < 4.78 is 7.67. The maximum atomic E-state index is 9.29. The number of hydrogen-bond donors (Lipinski definition) is 0. The lowest BCUT2D eigenvalue weighted by molar-refractivity contribution is 0.0438. The summed E-state index contributed by atoms with van der Waals surface area (Å²) in [7, 11) is 1.90. The van der Waals surface area contributed by atoms with Crippen molar-refractivity contribution in [2.24, 2.45) is 7.05 Å². The first-order valence-corrected chi connectivity index (χ1v) is 6.97. The van der Waals surface area contributed by atoms with E-state index in [0.717, 1.165) is 50.5 Å². The molecular formula is C14H22N4O. The third-order valence-electron chi connectivity index (χ3n) is 3.54. The summed E-state index contributed by atoms with van der Waals surface area (Å²) in [4.78, 5) is 2.24. The molecule has 0 spiro atoms. The molecule has 1 unspecified atom stereocenters. The van der Waals surface area contributed by atoms with Gasteiger partial charge in [0, 0.05) is 26.7 Å². The second kappa shape index (κ2) is 6.07. The van der Waals surface area contributed by atoms with Crippen LogP contribution in [0, 0.1) is 18.3 Å². The quantitative estimate of drug-likeness (QED) is 0.832. The van der Waals surface area contributed by atoms with Gasteiger partial charge in [-0.25, -0.2) is 0 Å². The molecule has 1 aliphatic heterocycles. The van der Waals surface area contributed by atoms with E-state index in [9.17, 15) is 5.26 Å². The van der Waals surface area contributed by atoms with Crippen molar-refractivity contribution < 1.29 is 4.74 Å². The molecule has 5 nitrogen and oxygen atoms in total. The Balaban J connectivity index is 2.15. The van der Waals surface area contributed by atoms with E-state index in [2.05, 4.69) is 23.0 Å². The molecule has 1 saturated heterocycles. The fourth-order valence-corrected chi connectivity index (χ4v) is 2.69. The van der Waals surface area contributed by atoms with Crippen LogP contribution in [0.5, 0.6) is 0 Å². The minimum absolute atomic E-state index is 0.274. The van der Waals surface area contributed by atoms with Crippen molar-refractivity contribution in [3.8, 4) is 6.07 Å². The standard InChI is InChI=1S/C14H22N4O/c1-4-8-19-12-6-5-7-18(10-12)14-13(9-15)11(2)16-17(14)3/h12H,4-8,10H2,1-3H3. The molecule has 0 bridgehead atoms. The van der Waals surface area contributed by atoms with Crippen LogP contribution in [0.1, 0.15) is 37.4 Å². The van der Waals surface area contributed by atoms with Gasteiger partial charge >= 0.3 is 0 Å². The highest BCUT2D eigenvalue weighted by Crippen LogP contribution is 2.26. The van der Waals surface area contributed by atoms with Crippen molar-refractivity contribution in [3.05, 3.63) is 11.3 Å². The number of nitriles is 1. The molecule has 0 aliphatic carbocycles. The van der Waals surface area contributed by atoms with Crippen molar-refractivity contribution in [3.63, 3.8) is 0 Å². The minimum Gasteiger partial charge on any atom is -0.376 e. The van der Waals surface area contributed by atoms with Gasteiger partial charge in [0.15, 0.2) is 0 Å². The van der Waals surface area contributed by atoms with Crippen LogP contribution < -0.4 is 4.90 Å². The lowest BCUT2D eigenvalue weighted by Crippen LogP contribution is -2.41. The molecule has 1 fully saturated rings. The number of piperidine rings is 1. The van der Waals surface area contributed by atoms with Crippen LogP contribution in [-0.2, 0) is 11.8 Å². The van der Waals surface area contributed by atoms with Gasteiger partial charge in [0.25, 0.3) is 0 Å². The summed E-state index contributed by atoms with van der Waals surface area (Å²) in [6.07, 6.45) is 3.53. The number of aryl methyl sites for hydroxylation is 2. The first-order chi connectivity index (χ1) is 9.17. The van der Waals surface area contributed by atoms with E-state index in [0.29, 0.717) is 5.56 Å². The van der Waals surface area contributed by atoms with Crippen LogP contribution in [0.15, 0.2) is 0 Å². The second-order valence-corrected chi connectivity index (χ2v) is 5.10. The number of hydrogen-bond acceptors (Lipinski definition) is 4. The average Bonchev–Trinajstić information content (AvgIpc) is 2.70. The van der Waals surface area contributed by atoms with Crippen LogP contribution in [0.4, 0.5) is 5.82 Å². The lowest BCUT2D eigenvalue weighted by atomic mass is 10.1. The Morgan fingerprint density at radius 2 is 2.32 bits per heavy atom. The number of aromatic nitrogens is 2. The largest absolute Gasteiger partial charge is 0.376 e. The molecule has 1 atom stereocenters. The molecule has 0 saturated carbocycles. The Bertz CT molecular complexity index is 475. The van der Waals surface area contributed by atoms with Crippen LogP contribution >= 0.6 is 0 Å². The van der Waals surface area contributed by atoms with Crippen molar-refractivity contribution >= 4 is 5.82 Å². The van der Waals surface area contributed by atoms with E-state index in [1.165, 1.54) is 0 Å². The molecule has 0 aromatic carbocycles. The molecule has 5 heteroatoms. The van der Waals surface area contributed by atoms with E-state index in [4.69, 9.17) is 4.74 Å². The highest BCUT2D eigenvalue weighted by molar-refractivity contribution is 5.57. The average molecular weight is 262 g/mol. The van der Waals surface area contributed by atoms with Crippen LogP contribution in [0.25, 0.3) is 0 Å². The van der Waals surface area contributed by atoms with E-state index in [1.807, 2.05) is 18.7 Å². The van der Waals surface area contributed by atoms with Gasteiger partial charge in [-0.2, -0.15) is 10.4 Å². The Morgan fingerprint density at radius 3 is 3.00 bits per heavy atom. The Morgan fingerprint density at radius 1 is 1.53 bits per heavy atom. The first kappa shape index (κ1) is 13.9. The zero-order valence-corrected chi connectivity index (χ0v) is 12.0. The maximum absolute atomic E-state index is 9.29. The Hall–Kier alpha value is -1.54. The third kappa shape index (κ3) is 2.90. The van der Waals surface area contributed by atoms with Gasteiger partial charge in [-0.1, -0.05) is 6.92 Å². The monoisotopic (exact) mass is 262 g/mol. The van der Waals surface area contributed by atoms with Crippen molar-refractivity contribution in [2.75, 3.05) is 24.6 Å². The second-order valence-electron chi connectivity index (χ2n) is 5.10. The first-order valence-electron chi connectivity index (χ1n) is 6.97. The Kier molecular flexibility index (Phi) is 4.43. The highest BCUT2D eigenvalue weighted by atomic mass is 16.5. The van der Waals surface area contributed by atoms with Gasteiger partial charge in [-0.3, -0.25) is 4.68 Å². The van der Waals surface area contributed by atoms with E-state index < -0.39 is 0 Å². The van der Waals surface area contributed by atoms with E-state index in [1.54, 1.807) is 0 Å². The van der Waals surface area contributed by atoms with Gasteiger partial charge in [-0.15, -0.1) is 0 Å². The molecule has 2 heterocycles. The van der Waals surface area contributed by atoms with Gasteiger partial charge in [0.2, 0.25) is 0 Å². The molecule has 1 aromatic rings. The third-order valence-corrected chi connectivity index (χ3v) is 3.54. The number of nitrogens with zero attached hydrogens (tertiary/aromatic N) is 4. The summed E-state index contributed by atoms with van der Waals surface area (Å²) in [5, 5.41) is 13.6. The molecule has 0 amide bonds. The topological polar surface area (TPSA) is 54.1 Å². The predicted molar refractivity (Wildman–Crippen MR) is 74.1 cm³/mol. The molecule has 1 aliphatic rings. The predicted octanol–water partition coefficient (Wildman–Crippen LogP) is 2.00. The normalized spacial score (nSPS) is 19.5. The smallest absolute Gasteiger partial charge is 0.145 e. The summed E-state index contributed by atoms with van der Waals surface area (Å²) in [6, 6.07) is 2.27. The summed E-state index contributed by atoms with van der Waals surface area (Å²) in [6.45, 7) is 6.65. The van der Waals surface area contributed by atoms with Gasteiger partial charge < -0.3 is 9.64 Å². The summed E-state index contributed by atoms with van der Waals surface area (Å²) in [5.41, 5.74) is 1.50. The van der Waals surface area contributed by atoms with Crippen LogP contribution in [0.3, 0.4) is 0 Å². The lowest BCUT2D eigenvalue weighted by Gasteiger charge is -2.34. The van der Waals surface area contributed by atoms with E-state index >= 15 is 0 Å². The summed E-state index contributed by atoms with van der Waals surface area (Å²) >= 11 is 0. The van der Waals surface area contributed by atoms with Crippen LogP contribution in [0.2, 0.25) is 0 Å². The number of ether oxygens (including phenoxy) is 1. The summed E-state index contributed by atoms with van der Waals surface area (Å²) in [5.74, 6) is 0.935. The SMILES string of the molecule is CCCOC1CCCN(c2c(C#N)c(C)nn2C)C1. The molecular weight excluding hydrogens is 240 g/mol. The zero-order chi connectivity index (χ0) is 13.8. The Labute approximate surface area is 114 Å². The molecule has 0 radical (unpaired) electrons. The molecule has 0 N–H and O–H groups in total. The fraction of sp³-hybridized carbons (Fsp3) is 0.714. The van der Waals surface area contributed by atoms with E-state index in [-0.39, 0.29) is 6.10 Å². The molecule has 19 heavy (non-hydrogen) atoms. The maximum Gasteiger partial charge on any atom is 0.145 e. The van der Waals surface area contributed by atoms with Gasteiger partial charge in [0.1, 0.15) is 17.5 Å². The highest BCUT2D eigenvalue weighted by Gasteiger charge is 2.25. The van der Waals surface area contributed by atoms with Crippen LogP contribution in [-0.4, -0.2) is 35.6 Å². The molecule has 1 aromatic heterocycles. The fourth-order valence-electron chi connectivity index (χ4n) is 2.69. The van der Waals surface area contributed by atoms with Gasteiger partial charge in [0.05, 0.1) is 11.8 Å². The van der Waals surface area contributed by atoms with Crippen molar-refractivity contribution in [1.82, 2.24) is 9.78 Å². The minimum atomic E-state index is 0.274. The van der Waals surface area contributed by atoms with Crippen molar-refractivity contribution in [2.45, 2.75) is 39.2 Å². The zero-order valence-electron chi connectivity index (χ0n) is 12.0. The number of anilines is 1. The number of rotatable bonds is 4. The van der Waals surface area contributed by atoms with Crippen molar-refractivity contribution in [1.29, 1.82) is 5.26 Å². The molecule has 2 rings (SSSR count). The van der Waals surface area contributed by atoms with Gasteiger partial charge in [-0.05, 0) is 26.2 Å².